The second-order valence-corrected chi connectivity index (χ2v) is 4.99. The maximum Gasteiger partial charge on any atom is 0.418 e. The summed E-state index contributed by atoms with van der Waals surface area (Å²) in [5, 5.41) is 9.22. The van der Waals surface area contributed by atoms with Crippen molar-refractivity contribution >= 4 is 11.8 Å². The number of hydrogen-bond acceptors (Lipinski definition) is 3. The number of carboxylic acid groups (broad SMARTS) is 1. The number of carboxylic acids is 1. The normalized spacial score (nSPS) is 11.2. The predicted octanol–water partition coefficient (Wildman–Crippen LogP) is 4.19. The monoisotopic (exact) mass is 338 g/mol. The molecular formula is C17H13F3O4. The fourth-order valence-corrected chi connectivity index (χ4v) is 2.24. The first-order chi connectivity index (χ1) is 11.2. The maximum absolute atomic E-state index is 13.3. The fraction of sp³-hybridized carbons (Fsp3) is 0.176. The standard InChI is InChI=1S/C17H13F3O4/c1-10(21)12-7-8-13(24-9-11-5-3-2-4-6-11)14(16(22)23)15(12)17(18,19)20/h2-8H,9H2,1H3,(H,22,23). The molecule has 0 radical (unpaired) electrons. The van der Waals surface area contributed by atoms with Crippen LogP contribution in [0.1, 0.15) is 38.8 Å². The van der Waals surface area contributed by atoms with Crippen molar-refractivity contribution in [1.82, 2.24) is 0 Å². The Morgan fingerprint density at radius 3 is 2.21 bits per heavy atom. The minimum atomic E-state index is -5.00. The number of carbonyl (C=O) groups is 2. The van der Waals surface area contributed by atoms with Gasteiger partial charge in [0, 0.05) is 5.56 Å². The summed E-state index contributed by atoms with van der Waals surface area (Å²) >= 11 is 0. The van der Waals surface area contributed by atoms with E-state index < -0.39 is 40.4 Å². The number of carbonyl (C=O) groups excluding carboxylic acids is 1. The highest BCUT2D eigenvalue weighted by atomic mass is 19.4. The number of rotatable bonds is 5. The maximum atomic E-state index is 13.3. The lowest BCUT2D eigenvalue weighted by Crippen LogP contribution is -2.19. The summed E-state index contributed by atoms with van der Waals surface area (Å²) < 4.78 is 45.2. The molecule has 0 aliphatic carbocycles. The van der Waals surface area contributed by atoms with Crippen molar-refractivity contribution in [2.75, 3.05) is 0 Å². The molecule has 0 aliphatic heterocycles. The Bertz CT molecular complexity index is 767. The van der Waals surface area contributed by atoms with Gasteiger partial charge in [-0.25, -0.2) is 4.79 Å². The first kappa shape index (κ1) is 17.5. The van der Waals surface area contributed by atoms with Gasteiger partial charge in [-0.3, -0.25) is 4.79 Å². The Hall–Kier alpha value is -2.83. The third kappa shape index (κ3) is 3.73. The topological polar surface area (TPSA) is 63.6 Å². The molecule has 0 heterocycles. The van der Waals surface area contributed by atoms with Crippen molar-refractivity contribution in [3.63, 3.8) is 0 Å². The first-order valence-corrected chi connectivity index (χ1v) is 6.87. The largest absolute Gasteiger partial charge is 0.488 e. The smallest absolute Gasteiger partial charge is 0.418 e. The summed E-state index contributed by atoms with van der Waals surface area (Å²) in [6.45, 7) is 0.846. The summed E-state index contributed by atoms with van der Waals surface area (Å²) in [6.07, 6.45) is -5.00. The molecule has 126 valence electrons. The number of halogens is 3. The van der Waals surface area contributed by atoms with E-state index in [1.165, 1.54) is 0 Å². The van der Waals surface area contributed by atoms with Crippen molar-refractivity contribution in [2.24, 2.45) is 0 Å². The second kappa shape index (κ2) is 6.74. The van der Waals surface area contributed by atoms with Crippen LogP contribution in [0.5, 0.6) is 5.75 Å². The van der Waals surface area contributed by atoms with E-state index in [1.807, 2.05) is 0 Å². The molecule has 7 heteroatoms. The highest BCUT2D eigenvalue weighted by Crippen LogP contribution is 2.39. The molecule has 0 atom stereocenters. The first-order valence-electron chi connectivity index (χ1n) is 6.87. The van der Waals surface area contributed by atoms with Crippen LogP contribution in [0.25, 0.3) is 0 Å². The molecule has 2 rings (SSSR count). The van der Waals surface area contributed by atoms with E-state index in [-0.39, 0.29) is 6.61 Å². The fourth-order valence-electron chi connectivity index (χ4n) is 2.24. The molecule has 0 unspecified atom stereocenters. The van der Waals surface area contributed by atoms with Crippen molar-refractivity contribution in [2.45, 2.75) is 19.7 Å². The molecule has 0 aliphatic rings. The van der Waals surface area contributed by atoms with Crippen LogP contribution in [-0.2, 0) is 12.8 Å². The van der Waals surface area contributed by atoms with Crippen molar-refractivity contribution < 1.29 is 32.6 Å². The van der Waals surface area contributed by atoms with Crippen LogP contribution in [0.3, 0.4) is 0 Å². The SMILES string of the molecule is CC(=O)c1ccc(OCc2ccccc2)c(C(=O)O)c1C(F)(F)F. The molecule has 2 aromatic rings. The van der Waals surface area contributed by atoms with E-state index >= 15 is 0 Å². The van der Waals surface area contributed by atoms with Gasteiger partial charge < -0.3 is 9.84 Å². The molecule has 0 amide bonds. The molecule has 0 aromatic heterocycles. The highest BCUT2D eigenvalue weighted by molar-refractivity contribution is 6.01. The van der Waals surface area contributed by atoms with Gasteiger partial charge in [-0.2, -0.15) is 13.2 Å². The van der Waals surface area contributed by atoms with Crippen LogP contribution in [-0.4, -0.2) is 16.9 Å². The van der Waals surface area contributed by atoms with Gasteiger partial charge in [-0.05, 0) is 24.6 Å². The average molecular weight is 338 g/mol. The van der Waals surface area contributed by atoms with Crippen molar-refractivity contribution in [3.8, 4) is 5.75 Å². The predicted molar refractivity (Wildman–Crippen MR) is 79.2 cm³/mol. The van der Waals surface area contributed by atoms with Crippen LogP contribution >= 0.6 is 0 Å². The Morgan fingerprint density at radius 1 is 1.08 bits per heavy atom. The molecular weight excluding hydrogens is 325 g/mol. The van der Waals surface area contributed by atoms with Crippen molar-refractivity contribution in [1.29, 1.82) is 0 Å². The third-order valence-electron chi connectivity index (χ3n) is 3.28. The van der Waals surface area contributed by atoms with Crippen LogP contribution < -0.4 is 4.74 Å². The minimum Gasteiger partial charge on any atom is -0.488 e. The minimum absolute atomic E-state index is 0.0994. The lowest BCUT2D eigenvalue weighted by Gasteiger charge is -2.17. The lowest BCUT2D eigenvalue weighted by molar-refractivity contribution is -0.138. The quantitative estimate of drug-likeness (QED) is 0.831. The zero-order valence-corrected chi connectivity index (χ0v) is 12.6. The highest BCUT2D eigenvalue weighted by Gasteiger charge is 2.40. The van der Waals surface area contributed by atoms with E-state index in [0.717, 1.165) is 19.1 Å². The number of alkyl halides is 3. The van der Waals surface area contributed by atoms with Gasteiger partial charge in [-0.15, -0.1) is 0 Å². The molecule has 0 bridgehead atoms. The van der Waals surface area contributed by atoms with Crippen LogP contribution in [0.15, 0.2) is 42.5 Å². The van der Waals surface area contributed by atoms with E-state index in [9.17, 15) is 27.9 Å². The zero-order valence-electron chi connectivity index (χ0n) is 12.6. The van der Waals surface area contributed by atoms with Crippen LogP contribution in [0.2, 0.25) is 0 Å². The summed E-state index contributed by atoms with van der Waals surface area (Å²) in [7, 11) is 0. The van der Waals surface area contributed by atoms with Gasteiger partial charge >= 0.3 is 12.1 Å². The summed E-state index contributed by atoms with van der Waals surface area (Å²) in [5.41, 5.74) is -2.59. The number of aromatic carboxylic acids is 1. The Morgan fingerprint density at radius 2 is 1.71 bits per heavy atom. The van der Waals surface area contributed by atoms with E-state index in [4.69, 9.17) is 4.74 Å². The number of Topliss-reactive ketones (excluding diaryl/α,β-unsaturated/α-hetero) is 1. The number of benzene rings is 2. The molecule has 1 N–H and O–H groups in total. The Balaban J connectivity index is 2.52. The van der Waals surface area contributed by atoms with Gasteiger partial charge in [0.05, 0.1) is 5.56 Å². The van der Waals surface area contributed by atoms with Gasteiger partial charge in [0.1, 0.15) is 17.9 Å². The Kier molecular flexibility index (Phi) is 4.92. The molecule has 4 nitrogen and oxygen atoms in total. The van der Waals surface area contributed by atoms with Gasteiger partial charge in [0.2, 0.25) is 0 Å². The van der Waals surface area contributed by atoms with Gasteiger partial charge in [0.25, 0.3) is 0 Å². The average Bonchev–Trinajstić information content (AvgIpc) is 2.51. The lowest BCUT2D eigenvalue weighted by atomic mass is 9.97. The summed E-state index contributed by atoms with van der Waals surface area (Å²) in [6, 6.07) is 10.6. The van der Waals surface area contributed by atoms with E-state index in [2.05, 4.69) is 0 Å². The number of hydrogen-bond donors (Lipinski definition) is 1. The number of ether oxygens (including phenoxy) is 1. The molecule has 0 saturated heterocycles. The van der Waals surface area contributed by atoms with Gasteiger partial charge in [0.15, 0.2) is 5.78 Å². The number of ketones is 1. The van der Waals surface area contributed by atoms with Crippen molar-refractivity contribution in [3.05, 3.63) is 64.7 Å². The Labute approximate surface area is 135 Å². The molecule has 0 fully saturated rings. The van der Waals surface area contributed by atoms with E-state index in [0.29, 0.717) is 5.56 Å². The summed E-state index contributed by atoms with van der Waals surface area (Å²) in [4.78, 5) is 22.8. The van der Waals surface area contributed by atoms with E-state index in [1.54, 1.807) is 30.3 Å². The zero-order chi connectivity index (χ0) is 17.9. The molecule has 2 aromatic carbocycles. The third-order valence-corrected chi connectivity index (χ3v) is 3.28. The van der Waals surface area contributed by atoms with Crippen LogP contribution in [0, 0.1) is 0 Å². The van der Waals surface area contributed by atoms with Crippen LogP contribution in [0.4, 0.5) is 13.2 Å². The summed E-state index contributed by atoms with van der Waals surface area (Å²) in [5.74, 6) is -3.13. The molecule has 24 heavy (non-hydrogen) atoms. The molecule has 0 saturated carbocycles. The van der Waals surface area contributed by atoms with Gasteiger partial charge in [-0.1, -0.05) is 30.3 Å². The second-order valence-electron chi connectivity index (χ2n) is 4.99. The molecule has 0 spiro atoms.